The molecular formula is C8H7F2N3S. The van der Waals surface area contributed by atoms with Crippen molar-refractivity contribution in [3.63, 3.8) is 0 Å². The molecular weight excluding hydrogens is 208 g/mol. The molecule has 1 aromatic carbocycles. The van der Waals surface area contributed by atoms with Gasteiger partial charge in [0.2, 0.25) is 0 Å². The van der Waals surface area contributed by atoms with Gasteiger partial charge in [0.15, 0.2) is 5.11 Å². The number of nitrogens with one attached hydrogen (secondary N) is 1. The first kappa shape index (κ1) is 10.5. The van der Waals surface area contributed by atoms with E-state index in [4.69, 9.17) is 5.73 Å². The molecule has 0 saturated heterocycles. The minimum absolute atomic E-state index is 0.0220. The SMILES string of the molecule is NC(=S)NN=Cc1cc(F)ccc1F. The van der Waals surface area contributed by atoms with Gasteiger partial charge in [-0.3, -0.25) is 5.43 Å². The number of nitrogens with two attached hydrogens (primary N) is 1. The zero-order chi connectivity index (χ0) is 10.6. The molecule has 0 radical (unpaired) electrons. The van der Waals surface area contributed by atoms with E-state index in [0.717, 1.165) is 24.4 Å². The van der Waals surface area contributed by atoms with Crippen LogP contribution in [0.1, 0.15) is 5.56 Å². The Labute approximate surface area is 84.6 Å². The smallest absolute Gasteiger partial charge is 0.184 e. The van der Waals surface area contributed by atoms with Crippen LogP contribution in [0.3, 0.4) is 0 Å². The second-order valence-electron chi connectivity index (χ2n) is 2.40. The largest absolute Gasteiger partial charge is 0.375 e. The van der Waals surface area contributed by atoms with E-state index in [0.29, 0.717) is 0 Å². The van der Waals surface area contributed by atoms with Crippen molar-refractivity contribution in [2.24, 2.45) is 10.8 Å². The van der Waals surface area contributed by atoms with Crippen molar-refractivity contribution in [1.82, 2.24) is 5.43 Å². The summed E-state index contributed by atoms with van der Waals surface area (Å²) in [5, 5.41) is 3.45. The average Bonchev–Trinajstić information content (AvgIpc) is 2.10. The van der Waals surface area contributed by atoms with E-state index in [1.165, 1.54) is 0 Å². The number of nitrogens with zero attached hydrogens (tertiary/aromatic N) is 1. The third kappa shape index (κ3) is 3.06. The van der Waals surface area contributed by atoms with Crippen LogP contribution in [0.15, 0.2) is 23.3 Å². The molecule has 0 saturated carbocycles. The summed E-state index contributed by atoms with van der Waals surface area (Å²) in [5.74, 6) is -1.11. The van der Waals surface area contributed by atoms with E-state index in [1.54, 1.807) is 0 Å². The van der Waals surface area contributed by atoms with Crippen LogP contribution >= 0.6 is 12.2 Å². The van der Waals surface area contributed by atoms with Crippen LogP contribution in [0, 0.1) is 11.6 Å². The summed E-state index contributed by atoms with van der Waals surface area (Å²) in [6, 6.07) is 3.05. The van der Waals surface area contributed by atoms with Gasteiger partial charge in [0.25, 0.3) is 0 Å². The third-order valence-electron chi connectivity index (χ3n) is 1.34. The van der Waals surface area contributed by atoms with Crippen LogP contribution in [0.25, 0.3) is 0 Å². The van der Waals surface area contributed by atoms with E-state index < -0.39 is 11.6 Å². The minimum Gasteiger partial charge on any atom is -0.375 e. The highest BCUT2D eigenvalue weighted by molar-refractivity contribution is 7.80. The molecule has 0 fully saturated rings. The second kappa shape index (κ2) is 4.61. The van der Waals surface area contributed by atoms with Crippen LogP contribution in [0.4, 0.5) is 8.78 Å². The summed E-state index contributed by atoms with van der Waals surface area (Å²) in [5.41, 5.74) is 7.32. The molecule has 1 aromatic rings. The maximum absolute atomic E-state index is 12.9. The minimum atomic E-state index is -0.570. The predicted octanol–water partition coefficient (Wildman–Crippen LogP) is 1.13. The third-order valence-corrected chi connectivity index (χ3v) is 1.43. The lowest BCUT2D eigenvalue weighted by atomic mass is 10.2. The highest BCUT2D eigenvalue weighted by Crippen LogP contribution is 2.06. The molecule has 0 atom stereocenters. The molecule has 3 nitrogen and oxygen atoms in total. The number of benzene rings is 1. The Balaban J connectivity index is 2.80. The first-order valence-electron chi connectivity index (χ1n) is 3.63. The van der Waals surface area contributed by atoms with Crippen LogP contribution in [-0.2, 0) is 0 Å². The van der Waals surface area contributed by atoms with Gasteiger partial charge < -0.3 is 5.73 Å². The molecule has 1 rings (SSSR count). The summed E-state index contributed by atoms with van der Waals surface area (Å²) in [6.07, 6.45) is 1.09. The zero-order valence-corrected chi connectivity index (χ0v) is 7.81. The van der Waals surface area contributed by atoms with E-state index >= 15 is 0 Å². The van der Waals surface area contributed by atoms with Crippen molar-refractivity contribution in [2.75, 3.05) is 0 Å². The molecule has 0 aliphatic heterocycles. The number of hydrazone groups is 1. The van der Waals surface area contributed by atoms with Gasteiger partial charge in [0.05, 0.1) is 6.21 Å². The fourth-order valence-electron chi connectivity index (χ4n) is 0.779. The molecule has 0 unspecified atom stereocenters. The normalized spacial score (nSPS) is 10.4. The lowest BCUT2D eigenvalue weighted by molar-refractivity contribution is 0.598. The van der Waals surface area contributed by atoms with Crippen molar-refractivity contribution in [1.29, 1.82) is 0 Å². The molecule has 0 amide bonds. The Morgan fingerprint density at radius 1 is 1.50 bits per heavy atom. The Bertz CT molecular complexity index is 379. The predicted molar refractivity (Wildman–Crippen MR) is 53.9 cm³/mol. The number of thiocarbonyl (C=S) groups is 1. The van der Waals surface area contributed by atoms with Crippen LogP contribution in [0.5, 0.6) is 0 Å². The van der Waals surface area contributed by atoms with E-state index in [2.05, 4.69) is 22.7 Å². The number of hydrogen-bond acceptors (Lipinski definition) is 2. The van der Waals surface area contributed by atoms with Crippen molar-refractivity contribution in [2.45, 2.75) is 0 Å². The molecule has 0 aliphatic rings. The van der Waals surface area contributed by atoms with Gasteiger partial charge in [-0.15, -0.1) is 0 Å². The summed E-state index contributed by atoms with van der Waals surface area (Å²) < 4.78 is 25.6. The van der Waals surface area contributed by atoms with Gasteiger partial charge in [-0.1, -0.05) is 0 Å². The van der Waals surface area contributed by atoms with Gasteiger partial charge in [-0.25, -0.2) is 8.78 Å². The molecule has 0 aromatic heterocycles. The fraction of sp³-hybridized carbons (Fsp3) is 0. The van der Waals surface area contributed by atoms with Crippen LogP contribution < -0.4 is 11.2 Å². The highest BCUT2D eigenvalue weighted by atomic mass is 32.1. The number of hydrogen-bond donors (Lipinski definition) is 2. The topological polar surface area (TPSA) is 50.4 Å². The van der Waals surface area contributed by atoms with Gasteiger partial charge in [0, 0.05) is 5.56 Å². The Morgan fingerprint density at radius 3 is 2.86 bits per heavy atom. The second-order valence-corrected chi connectivity index (χ2v) is 2.84. The Morgan fingerprint density at radius 2 is 2.21 bits per heavy atom. The van der Waals surface area contributed by atoms with Crippen molar-refractivity contribution in [3.05, 3.63) is 35.4 Å². The molecule has 74 valence electrons. The summed E-state index contributed by atoms with van der Waals surface area (Å²) in [6.45, 7) is 0. The zero-order valence-electron chi connectivity index (χ0n) is 7.00. The van der Waals surface area contributed by atoms with Crippen molar-refractivity contribution >= 4 is 23.5 Å². The molecule has 0 spiro atoms. The Kier molecular flexibility index (Phi) is 3.47. The van der Waals surface area contributed by atoms with Gasteiger partial charge >= 0.3 is 0 Å². The number of rotatable bonds is 2. The standard InChI is InChI=1S/C8H7F2N3S/c9-6-1-2-7(10)5(3-6)4-12-13-8(11)14/h1-4H,(H3,11,13,14). The molecule has 14 heavy (non-hydrogen) atoms. The fourth-order valence-corrected chi connectivity index (χ4v) is 0.832. The number of halogens is 2. The molecule has 0 aliphatic carbocycles. The van der Waals surface area contributed by atoms with E-state index in [1.807, 2.05) is 0 Å². The lowest BCUT2D eigenvalue weighted by Crippen LogP contribution is -2.24. The van der Waals surface area contributed by atoms with Crippen LogP contribution in [-0.4, -0.2) is 11.3 Å². The van der Waals surface area contributed by atoms with Crippen molar-refractivity contribution < 1.29 is 8.78 Å². The monoisotopic (exact) mass is 215 g/mol. The maximum atomic E-state index is 12.9. The highest BCUT2D eigenvalue weighted by Gasteiger charge is 2.00. The maximum Gasteiger partial charge on any atom is 0.184 e. The Hall–Kier alpha value is -1.56. The van der Waals surface area contributed by atoms with Gasteiger partial charge in [0.1, 0.15) is 11.6 Å². The summed E-state index contributed by atoms with van der Waals surface area (Å²) in [4.78, 5) is 0. The van der Waals surface area contributed by atoms with Gasteiger partial charge in [-0.05, 0) is 30.4 Å². The molecule has 0 bridgehead atoms. The first-order valence-corrected chi connectivity index (χ1v) is 4.04. The summed E-state index contributed by atoms with van der Waals surface area (Å²) >= 11 is 4.45. The molecule has 0 heterocycles. The average molecular weight is 215 g/mol. The summed E-state index contributed by atoms with van der Waals surface area (Å²) in [7, 11) is 0. The lowest BCUT2D eigenvalue weighted by Gasteiger charge is -1.97. The molecule has 3 N–H and O–H groups in total. The van der Waals surface area contributed by atoms with Crippen LogP contribution in [0.2, 0.25) is 0 Å². The quantitative estimate of drug-likeness (QED) is 0.442. The van der Waals surface area contributed by atoms with Gasteiger partial charge in [-0.2, -0.15) is 5.10 Å². The molecule has 6 heteroatoms. The first-order chi connectivity index (χ1) is 6.59. The van der Waals surface area contributed by atoms with Crippen molar-refractivity contribution in [3.8, 4) is 0 Å². The van der Waals surface area contributed by atoms with E-state index in [-0.39, 0.29) is 10.7 Å². The van der Waals surface area contributed by atoms with E-state index in [9.17, 15) is 8.78 Å².